The van der Waals surface area contributed by atoms with Crippen molar-refractivity contribution in [3.8, 4) is 6.07 Å². The van der Waals surface area contributed by atoms with Gasteiger partial charge in [0.05, 0.1) is 12.5 Å². The Hall–Kier alpha value is -0.670. The number of hydrogen-bond donors (Lipinski definition) is 1. The van der Waals surface area contributed by atoms with E-state index in [1.807, 2.05) is 6.07 Å². The van der Waals surface area contributed by atoms with Crippen LogP contribution in [0.2, 0.25) is 0 Å². The summed E-state index contributed by atoms with van der Waals surface area (Å²) >= 11 is 2.08. The van der Waals surface area contributed by atoms with Crippen LogP contribution in [0.4, 0.5) is 4.39 Å². The van der Waals surface area contributed by atoms with Crippen LogP contribution in [-0.4, -0.2) is 0 Å². The first-order chi connectivity index (χ1) is 6.15. The molecule has 0 aromatic heterocycles. The number of nitriles is 1. The SMILES string of the molecule is N#CC[C@@H](N)c1cc(I)ccc1F. The Kier molecular flexibility index (Phi) is 3.63. The molecule has 68 valence electrons. The number of halogens is 2. The Labute approximate surface area is 89.7 Å². The van der Waals surface area contributed by atoms with Crippen LogP contribution in [0.25, 0.3) is 0 Å². The average molecular weight is 290 g/mol. The van der Waals surface area contributed by atoms with E-state index in [4.69, 9.17) is 11.0 Å². The largest absolute Gasteiger partial charge is 0.323 e. The molecule has 0 saturated heterocycles. The van der Waals surface area contributed by atoms with Gasteiger partial charge in [0.2, 0.25) is 0 Å². The second-order valence-corrected chi connectivity index (χ2v) is 3.88. The first kappa shape index (κ1) is 10.4. The lowest BCUT2D eigenvalue weighted by Crippen LogP contribution is -2.11. The molecule has 1 rings (SSSR count). The highest BCUT2D eigenvalue weighted by molar-refractivity contribution is 14.1. The van der Waals surface area contributed by atoms with E-state index >= 15 is 0 Å². The third kappa shape index (κ3) is 2.64. The van der Waals surface area contributed by atoms with Gasteiger partial charge in [-0.05, 0) is 40.8 Å². The molecule has 0 fully saturated rings. The molecule has 1 aromatic carbocycles. The molecule has 2 N–H and O–H groups in total. The van der Waals surface area contributed by atoms with Crippen LogP contribution < -0.4 is 5.73 Å². The number of rotatable bonds is 2. The normalized spacial score (nSPS) is 12.2. The molecular weight excluding hydrogens is 282 g/mol. The lowest BCUT2D eigenvalue weighted by Gasteiger charge is -2.09. The van der Waals surface area contributed by atoms with Gasteiger partial charge in [-0.3, -0.25) is 0 Å². The monoisotopic (exact) mass is 290 g/mol. The van der Waals surface area contributed by atoms with Gasteiger partial charge in [0.1, 0.15) is 5.82 Å². The van der Waals surface area contributed by atoms with Crippen molar-refractivity contribution in [3.05, 3.63) is 33.1 Å². The maximum atomic E-state index is 13.2. The second kappa shape index (κ2) is 4.53. The van der Waals surface area contributed by atoms with E-state index in [2.05, 4.69) is 22.6 Å². The Morgan fingerprint density at radius 2 is 2.31 bits per heavy atom. The van der Waals surface area contributed by atoms with Crippen molar-refractivity contribution in [2.75, 3.05) is 0 Å². The predicted octanol–water partition coefficient (Wildman–Crippen LogP) is 2.34. The van der Waals surface area contributed by atoms with Crippen molar-refractivity contribution in [3.63, 3.8) is 0 Å². The van der Waals surface area contributed by atoms with Gasteiger partial charge in [-0.25, -0.2) is 4.39 Å². The zero-order valence-corrected chi connectivity index (χ0v) is 8.95. The zero-order chi connectivity index (χ0) is 9.84. The Bertz CT molecular complexity index is 346. The van der Waals surface area contributed by atoms with Crippen molar-refractivity contribution in [1.82, 2.24) is 0 Å². The molecule has 13 heavy (non-hydrogen) atoms. The molecule has 1 atom stereocenters. The van der Waals surface area contributed by atoms with E-state index in [0.717, 1.165) is 3.57 Å². The number of nitrogens with two attached hydrogens (primary N) is 1. The Balaban J connectivity index is 3.00. The summed E-state index contributed by atoms with van der Waals surface area (Å²) < 4.78 is 14.1. The van der Waals surface area contributed by atoms with Crippen molar-refractivity contribution in [2.45, 2.75) is 12.5 Å². The van der Waals surface area contributed by atoms with E-state index in [-0.39, 0.29) is 12.2 Å². The molecule has 0 saturated carbocycles. The lowest BCUT2D eigenvalue weighted by atomic mass is 10.1. The summed E-state index contributed by atoms with van der Waals surface area (Å²) in [6.45, 7) is 0. The molecule has 0 heterocycles. The maximum Gasteiger partial charge on any atom is 0.128 e. The summed E-state index contributed by atoms with van der Waals surface area (Å²) in [7, 11) is 0. The molecular formula is C9H8FIN2. The van der Waals surface area contributed by atoms with Crippen LogP contribution in [0.3, 0.4) is 0 Å². The number of benzene rings is 1. The summed E-state index contributed by atoms with van der Waals surface area (Å²) in [4.78, 5) is 0. The highest BCUT2D eigenvalue weighted by Gasteiger charge is 2.10. The Morgan fingerprint density at radius 3 is 2.92 bits per heavy atom. The van der Waals surface area contributed by atoms with Crippen molar-refractivity contribution in [2.24, 2.45) is 5.73 Å². The molecule has 0 amide bonds. The van der Waals surface area contributed by atoms with E-state index in [1.54, 1.807) is 12.1 Å². The molecule has 2 nitrogen and oxygen atoms in total. The minimum Gasteiger partial charge on any atom is -0.323 e. The molecule has 0 bridgehead atoms. The lowest BCUT2D eigenvalue weighted by molar-refractivity contribution is 0.584. The quantitative estimate of drug-likeness (QED) is 0.850. The first-order valence-electron chi connectivity index (χ1n) is 3.72. The second-order valence-electron chi connectivity index (χ2n) is 2.63. The Morgan fingerprint density at radius 1 is 1.62 bits per heavy atom. The molecule has 0 unspecified atom stereocenters. The van der Waals surface area contributed by atoms with Crippen LogP contribution >= 0.6 is 22.6 Å². The van der Waals surface area contributed by atoms with Crippen LogP contribution in [-0.2, 0) is 0 Å². The molecule has 0 aliphatic rings. The van der Waals surface area contributed by atoms with Gasteiger partial charge < -0.3 is 5.73 Å². The van der Waals surface area contributed by atoms with E-state index in [1.165, 1.54) is 6.07 Å². The highest BCUT2D eigenvalue weighted by Crippen LogP contribution is 2.19. The van der Waals surface area contributed by atoms with Crippen molar-refractivity contribution < 1.29 is 4.39 Å². The fourth-order valence-corrected chi connectivity index (χ4v) is 1.52. The standard InChI is InChI=1S/C9H8FIN2/c10-8-2-1-6(11)5-7(8)9(13)3-4-12/h1-2,5,9H,3,13H2/t9-/m1/s1. The third-order valence-electron chi connectivity index (χ3n) is 1.67. The van der Waals surface area contributed by atoms with Crippen LogP contribution in [0.15, 0.2) is 18.2 Å². The van der Waals surface area contributed by atoms with Gasteiger partial charge in [0.15, 0.2) is 0 Å². The van der Waals surface area contributed by atoms with Gasteiger partial charge in [0.25, 0.3) is 0 Å². The smallest absolute Gasteiger partial charge is 0.128 e. The van der Waals surface area contributed by atoms with Crippen molar-refractivity contribution >= 4 is 22.6 Å². The average Bonchev–Trinajstić information content (AvgIpc) is 2.09. The first-order valence-corrected chi connectivity index (χ1v) is 4.80. The number of hydrogen-bond acceptors (Lipinski definition) is 2. The van der Waals surface area contributed by atoms with Gasteiger partial charge in [-0.2, -0.15) is 5.26 Å². The topological polar surface area (TPSA) is 49.8 Å². The zero-order valence-electron chi connectivity index (χ0n) is 6.80. The van der Waals surface area contributed by atoms with E-state index < -0.39 is 6.04 Å². The molecule has 0 spiro atoms. The third-order valence-corrected chi connectivity index (χ3v) is 2.34. The summed E-state index contributed by atoms with van der Waals surface area (Å²) in [6, 6.07) is 6.09. The summed E-state index contributed by atoms with van der Waals surface area (Å²) in [5.74, 6) is -0.344. The summed E-state index contributed by atoms with van der Waals surface area (Å²) in [5, 5.41) is 8.40. The highest BCUT2D eigenvalue weighted by atomic mass is 127. The van der Waals surface area contributed by atoms with Gasteiger partial charge >= 0.3 is 0 Å². The van der Waals surface area contributed by atoms with Crippen molar-refractivity contribution in [1.29, 1.82) is 5.26 Å². The molecule has 4 heteroatoms. The minimum absolute atomic E-state index is 0.136. The van der Waals surface area contributed by atoms with Crippen LogP contribution in [0, 0.1) is 20.7 Å². The van der Waals surface area contributed by atoms with Gasteiger partial charge in [-0.1, -0.05) is 0 Å². The summed E-state index contributed by atoms with van der Waals surface area (Å²) in [6.07, 6.45) is 0.136. The summed E-state index contributed by atoms with van der Waals surface area (Å²) in [5.41, 5.74) is 6.02. The maximum absolute atomic E-state index is 13.2. The molecule has 0 radical (unpaired) electrons. The molecule has 0 aliphatic heterocycles. The fraction of sp³-hybridized carbons (Fsp3) is 0.222. The van der Waals surface area contributed by atoms with Crippen LogP contribution in [0.5, 0.6) is 0 Å². The fourth-order valence-electron chi connectivity index (χ4n) is 1.01. The van der Waals surface area contributed by atoms with E-state index in [0.29, 0.717) is 5.56 Å². The number of nitrogens with zero attached hydrogens (tertiary/aromatic N) is 1. The predicted molar refractivity (Wildman–Crippen MR) is 56.3 cm³/mol. The van der Waals surface area contributed by atoms with Gasteiger partial charge in [0, 0.05) is 15.2 Å². The van der Waals surface area contributed by atoms with E-state index in [9.17, 15) is 4.39 Å². The van der Waals surface area contributed by atoms with Gasteiger partial charge in [-0.15, -0.1) is 0 Å². The molecule has 1 aromatic rings. The minimum atomic E-state index is -0.528. The van der Waals surface area contributed by atoms with Crippen LogP contribution in [0.1, 0.15) is 18.0 Å². The molecule has 0 aliphatic carbocycles.